The van der Waals surface area contributed by atoms with E-state index in [1.165, 1.54) is 39.9 Å². The van der Waals surface area contributed by atoms with E-state index in [0.717, 1.165) is 5.76 Å². The molecule has 2 aromatic heterocycles. The van der Waals surface area contributed by atoms with E-state index in [1.807, 2.05) is 52.1 Å². The number of benzene rings is 1. The van der Waals surface area contributed by atoms with E-state index in [0.29, 0.717) is 35.2 Å². The third-order valence-corrected chi connectivity index (χ3v) is 7.21. The summed E-state index contributed by atoms with van der Waals surface area (Å²) in [5, 5.41) is 5.00. The van der Waals surface area contributed by atoms with Gasteiger partial charge >= 0.3 is 0 Å². The van der Waals surface area contributed by atoms with E-state index >= 15 is 0 Å². The smallest absolute Gasteiger partial charge is 0.257 e. The lowest BCUT2D eigenvalue weighted by Crippen LogP contribution is -2.37. The second kappa shape index (κ2) is 9.97. The Hall–Kier alpha value is -2.49. The second-order valence-corrected chi connectivity index (χ2v) is 11.3. The zero-order chi connectivity index (χ0) is 23.5. The Morgan fingerprint density at radius 3 is 2.22 bits per heavy atom. The van der Waals surface area contributed by atoms with Gasteiger partial charge in [-0.1, -0.05) is 27.7 Å². The molecule has 3 rings (SSSR count). The minimum absolute atomic E-state index is 0.181. The summed E-state index contributed by atoms with van der Waals surface area (Å²) in [5.74, 6) is 1.49. The van der Waals surface area contributed by atoms with E-state index in [1.54, 1.807) is 0 Å². The van der Waals surface area contributed by atoms with Gasteiger partial charge in [0, 0.05) is 24.0 Å². The standard InChI is InChI=1S/C23H29N3O4S2/c1-15(2)12-26(13-16(3)4)32(28,29)19-9-7-18(8-10-19)22(27)25-23-24-20(14-31-23)21-11-6-17(5)30-21/h6-11,14-16H,12-13H2,1-5H3,(H,24,25,27). The molecule has 172 valence electrons. The maximum Gasteiger partial charge on any atom is 0.257 e. The van der Waals surface area contributed by atoms with Crippen molar-refractivity contribution in [1.82, 2.24) is 9.29 Å². The summed E-state index contributed by atoms with van der Waals surface area (Å²) in [5.41, 5.74) is 1.00. The summed E-state index contributed by atoms with van der Waals surface area (Å²) in [6.45, 7) is 10.7. The molecule has 1 amide bonds. The van der Waals surface area contributed by atoms with Crippen LogP contribution in [0, 0.1) is 18.8 Å². The van der Waals surface area contributed by atoms with Crippen LogP contribution in [0.2, 0.25) is 0 Å². The predicted molar refractivity (Wildman–Crippen MR) is 127 cm³/mol. The van der Waals surface area contributed by atoms with E-state index in [4.69, 9.17) is 4.42 Å². The summed E-state index contributed by atoms with van der Waals surface area (Å²) in [6.07, 6.45) is 0. The highest BCUT2D eigenvalue weighted by Crippen LogP contribution is 2.27. The number of hydrogen-bond donors (Lipinski definition) is 1. The number of hydrogen-bond acceptors (Lipinski definition) is 6. The molecule has 9 heteroatoms. The largest absolute Gasteiger partial charge is 0.460 e. The number of amides is 1. The molecule has 1 aromatic carbocycles. The van der Waals surface area contributed by atoms with Crippen LogP contribution in [0.1, 0.15) is 43.8 Å². The topological polar surface area (TPSA) is 92.5 Å². The number of aromatic nitrogens is 1. The first-order valence-corrected chi connectivity index (χ1v) is 12.8. The van der Waals surface area contributed by atoms with Gasteiger partial charge in [-0.25, -0.2) is 13.4 Å². The van der Waals surface area contributed by atoms with Gasteiger partial charge in [0.1, 0.15) is 11.5 Å². The minimum Gasteiger partial charge on any atom is -0.460 e. The van der Waals surface area contributed by atoms with Gasteiger partial charge in [0.15, 0.2) is 10.9 Å². The van der Waals surface area contributed by atoms with Crippen molar-refractivity contribution in [3.05, 3.63) is 53.1 Å². The Morgan fingerprint density at radius 2 is 1.69 bits per heavy atom. The van der Waals surface area contributed by atoms with Crippen LogP contribution in [0.4, 0.5) is 5.13 Å². The molecule has 0 saturated carbocycles. The Labute approximate surface area is 193 Å². The van der Waals surface area contributed by atoms with Gasteiger partial charge in [-0.2, -0.15) is 4.31 Å². The maximum atomic E-state index is 13.1. The Morgan fingerprint density at radius 1 is 1.06 bits per heavy atom. The molecular weight excluding hydrogens is 446 g/mol. The average Bonchev–Trinajstić information content (AvgIpc) is 3.35. The molecular formula is C23H29N3O4S2. The molecule has 0 unspecified atom stereocenters. The number of nitrogens with one attached hydrogen (secondary N) is 1. The fraction of sp³-hybridized carbons (Fsp3) is 0.391. The normalized spacial score (nSPS) is 12.1. The van der Waals surface area contributed by atoms with Crippen molar-refractivity contribution in [3.8, 4) is 11.5 Å². The number of carbonyl (C=O) groups is 1. The van der Waals surface area contributed by atoms with Gasteiger partial charge in [0.25, 0.3) is 5.91 Å². The number of carbonyl (C=O) groups excluding carboxylic acids is 1. The molecule has 3 aromatic rings. The number of aryl methyl sites for hydroxylation is 1. The molecule has 0 radical (unpaired) electrons. The SMILES string of the molecule is Cc1ccc(-c2csc(NC(=O)c3ccc(S(=O)(=O)N(CC(C)C)CC(C)C)cc3)n2)o1. The Bertz CT molecular complexity index is 1150. The van der Waals surface area contributed by atoms with Crippen LogP contribution in [0.25, 0.3) is 11.5 Å². The molecule has 0 spiro atoms. The first-order valence-electron chi connectivity index (χ1n) is 10.5. The van der Waals surface area contributed by atoms with E-state index in [9.17, 15) is 13.2 Å². The van der Waals surface area contributed by atoms with Gasteiger partial charge in [-0.3, -0.25) is 10.1 Å². The quantitative estimate of drug-likeness (QED) is 0.455. The van der Waals surface area contributed by atoms with E-state index in [-0.39, 0.29) is 22.6 Å². The van der Waals surface area contributed by atoms with Gasteiger partial charge in [-0.05, 0) is 55.2 Å². The number of anilines is 1. The van der Waals surface area contributed by atoms with Crippen molar-refractivity contribution in [2.45, 2.75) is 39.5 Å². The number of thiazole rings is 1. The van der Waals surface area contributed by atoms with Crippen molar-refractivity contribution in [2.24, 2.45) is 11.8 Å². The van der Waals surface area contributed by atoms with Crippen molar-refractivity contribution >= 4 is 32.4 Å². The molecule has 2 heterocycles. The summed E-state index contributed by atoms with van der Waals surface area (Å²) in [7, 11) is -3.64. The molecule has 0 aliphatic heterocycles. The number of sulfonamides is 1. The van der Waals surface area contributed by atoms with Crippen LogP contribution in [0.3, 0.4) is 0 Å². The van der Waals surface area contributed by atoms with Crippen LogP contribution < -0.4 is 5.32 Å². The molecule has 0 fully saturated rings. The molecule has 0 saturated heterocycles. The predicted octanol–water partition coefficient (Wildman–Crippen LogP) is 5.27. The molecule has 32 heavy (non-hydrogen) atoms. The van der Waals surface area contributed by atoms with Gasteiger partial charge < -0.3 is 4.42 Å². The summed E-state index contributed by atoms with van der Waals surface area (Å²) in [4.78, 5) is 17.2. The molecule has 0 aliphatic rings. The minimum atomic E-state index is -3.64. The molecule has 0 atom stereocenters. The monoisotopic (exact) mass is 475 g/mol. The highest BCUT2D eigenvalue weighted by Gasteiger charge is 2.26. The fourth-order valence-corrected chi connectivity index (χ4v) is 5.66. The second-order valence-electron chi connectivity index (χ2n) is 8.54. The van der Waals surface area contributed by atoms with Crippen LogP contribution >= 0.6 is 11.3 Å². The van der Waals surface area contributed by atoms with E-state index in [2.05, 4.69) is 10.3 Å². The molecule has 7 nitrogen and oxygen atoms in total. The zero-order valence-electron chi connectivity index (χ0n) is 19.0. The summed E-state index contributed by atoms with van der Waals surface area (Å²) < 4.78 is 33.3. The van der Waals surface area contributed by atoms with Crippen molar-refractivity contribution in [1.29, 1.82) is 0 Å². The Balaban J connectivity index is 1.73. The van der Waals surface area contributed by atoms with Crippen LogP contribution in [-0.4, -0.2) is 36.7 Å². The molecule has 0 bridgehead atoms. The Kier molecular flexibility index (Phi) is 7.53. The van der Waals surface area contributed by atoms with Crippen LogP contribution in [0.15, 0.2) is 51.1 Å². The van der Waals surface area contributed by atoms with Gasteiger partial charge in [0.2, 0.25) is 10.0 Å². The number of nitrogens with zero attached hydrogens (tertiary/aromatic N) is 2. The van der Waals surface area contributed by atoms with Crippen LogP contribution in [0.5, 0.6) is 0 Å². The maximum absolute atomic E-state index is 13.1. The first-order chi connectivity index (χ1) is 15.1. The van der Waals surface area contributed by atoms with Crippen molar-refractivity contribution in [3.63, 3.8) is 0 Å². The van der Waals surface area contributed by atoms with Crippen molar-refractivity contribution in [2.75, 3.05) is 18.4 Å². The average molecular weight is 476 g/mol. The third-order valence-electron chi connectivity index (χ3n) is 4.61. The lowest BCUT2D eigenvalue weighted by molar-refractivity contribution is 0.102. The van der Waals surface area contributed by atoms with Gasteiger partial charge in [0.05, 0.1) is 4.90 Å². The highest BCUT2D eigenvalue weighted by molar-refractivity contribution is 7.89. The molecule has 1 N–H and O–H groups in total. The summed E-state index contributed by atoms with van der Waals surface area (Å²) >= 11 is 1.29. The fourth-order valence-electron chi connectivity index (χ4n) is 3.20. The lowest BCUT2D eigenvalue weighted by Gasteiger charge is -2.25. The third kappa shape index (κ3) is 5.85. The first kappa shape index (κ1) is 24.2. The number of furan rings is 1. The zero-order valence-corrected chi connectivity index (χ0v) is 20.6. The van der Waals surface area contributed by atoms with E-state index < -0.39 is 10.0 Å². The highest BCUT2D eigenvalue weighted by atomic mass is 32.2. The lowest BCUT2D eigenvalue weighted by atomic mass is 10.2. The number of rotatable bonds is 9. The molecule has 0 aliphatic carbocycles. The van der Waals surface area contributed by atoms with Gasteiger partial charge in [-0.15, -0.1) is 11.3 Å². The van der Waals surface area contributed by atoms with Crippen LogP contribution in [-0.2, 0) is 10.0 Å². The van der Waals surface area contributed by atoms with Crippen molar-refractivity contribution < 1.29 is 17.6 Å². The summed E-state index contributed by atoms with van der Waals surface area (Å²) in [6, 6.07) is 9.70.